The van der Waals surface area contributed by atoms with E-state index < -0.39 is 10.0 Å². The zero-order valence-corrected chi connectivity index (χ0v) is 17.7. The second-order valence-electron chi connectivity index (χ2n) is 6.55. The smallest absolute Gasteiger partial charge is 0.261 e. The van der Waals surface area contributed by atoms with Gasteiger partial charge in [-0.3, -0.25) is 9.52 Å². The summed E-state index contributed by atoms with van der Waals surface area (Å²) in [5.74, 6) is 0.493. The van der Waals surface area contributed by atoms with Crippen LogP contribution in [0.5, 0.6) is 5.75 Å². The van der Waals surface area contributed by atoms with Gasteiger partial charge in [-0.15, -0.1) is 0 Å². The Bertz CT molecular complexity index is 909. The normalized spacial score (nSPS) is 11.1. The van der Waals surface area contributed by atoms with E-state index >= 15 is 0 Å². The molecule has 0 aromatic heterocycles. The summed E-state index contributed by atoms with van der Waals surface area (Å²) in [7, 11) is -2.27. The number of methoxy groups -OCH3 is 1. The average Bonchev–Trinajstić information content (AvgIpc) is 2.69. The fourth-order valence-corrected chi connectivity index (χ4v) is 3.88. The van der Waals surface area contributed by atoms with Crippen molar-refractivity contribution in [3.8, 4) is 5.75 Å². The zero-order chi connectivity index (χ0) is 20.7. The maximum atomic E-state index is 12.9. The van der Waals surface area contributed by atoms with E-state index in [1.165, 1.54) is 12.1 Å². The van der Waals surface area contributed by atoms with Crippen LogP contribution < -0.4 is 9.46 Å². The highest BCUT2D eigenvalue weighted by molar-refractivity contribution is 7.92. The largest absolute Gasteiger partial charge is 0.497 e. The second-order valence-corrected chi connectivity index (χ2v) is 8.23. The van der Waals surface area contributed by atoms with Crippen LogP contribution in [0.3, 0.4) is 0 Å². The van der Waals surface area contributed by atoms with Gasteiger partial charge in [-0.2, -0.15) is 0 Å². The van der Waals surface area contributed by atoms with Crippen molar-refractivity contribution in [2.75, 3.05) is 24.9 Å². The Morgan fingerprint density at radius 1 is 1.11 bits per heavy atom. The van der Waals surface area contributed by atoms with Gasteiger partial charge in [0.1, 0.15) is 5.75 Å². The molecule has 0 bridgehead atoms. The molecule has 0 saturated carbocycles. The number of anilines is 1. The highest BCUT2D eigenvalue weighted by Gasteiger charge is 2.21. The van der Waals surface area contributed by atoms with Crippen LogP contribution >= 0.6 is 0 Å². The quantitative estimate of drug-likeness (QED) is 0.684. The van der Waals surface area contributed by atoms with Crippen LogP contribution in [0.2, 0.25) is 0 Å². The summed E-state index contributed by atoms with van der Waals surface area (Å²) in [6.45, 7) is 7.05. The van der Waals surface area contributed by atoms with Gasteiger partial charge in [-0.1, -0.05) is 19.4 Å². The van der Waals surface area contributed by atoms with Gasteiger partial charge in [0.15, 0.2) is 0 Å². The van der Waals surface area contributed by atoms with E-state index in [0.29, 0.717) is 30.1 Å². The molecule has 1 amide bonds. The molecule has 0 aliphatic rings. The van der Waals surface area contributed by atoms with Crippen LogP contribution in [0.4, 0.5) is 5.69 Å². The van der Waals surface area contributed by atoms with E-state index in [1.807, 2.05) is 13.8 Å². The van der Waals surface area contributed by atoms with Crippen molar-refractivity contribution < 1.29 is 17.9 Å². The van der Waals surface area contributed by atoms with Crippen LogP contribution in [-0.2, 0) is 10.0 Å². The van der Waals surface area contributed by atoms with Gasteiger partial charge in [0.25, 0.3) is 15.9 Å². The minimum absolute atomic E-state index is 0.0591. The van der Waals surface area contributed by atoms with E-state index in [-0.39, 0.29) is 10.8 Å². The maximum Gasteiger partial charge on any atom is 0.261 e. The molecule has 0 aliphatic carbocycles. The molecule has 0 radical (unpaired) electrons. The van der Waals surface area contributed by atoms with E-state index in [4.69, 9.17) is 4.74 Å². The Kier molecular flexibility index (Phi) is 7.45. The van der Waals surface area contributed by atoms with Crippen molar-refractivity contribution in [3.05, 3.63) is 53.6 Å². The Balaban J connectivity index is 2.30. The summed E-state index contributed by atoms with van der Waals surface area (Å²) in [6.07, 6.45) is 1.90. The van der Waals surface area contributed by atoms with Gasteiger partial charge in [0.05, 0.1) is 12.0 Å². The summed E-state index contributed by atoms with van der Waals surface area (Å²) in [6, 6.07) is 11.2. The number of nitrogens with one attached hydrogen (secondary N) is 1. The Morgan fingerprint density at radius 2 is 1.79 bits per heavy atom. The van der Waals surface area contributed by atoms with Gasteiger partial charge in [0.2, 0.25) is 0 Å². The van der Waals surface area contributed by atoms with E-state index in [0.717, 1.165) is 18.4 Å². The number of nitrogens with zero attached hydrogens (tertiary/aromatic N) is 1. The van der Waals surface area contributed by atoms with Crippen LogP contribution in [0.25, 0.3) is 0 Å². The predicted octanol–water partition coefficient (Wildman–Crippen LogP) is 4.07. The molecule has 152 valence electrons. The van der Waals surface area contributed by atoms with Crippen LogP contribution in [0.15, 0.2) is 47.4 Å². The maximum absolute atomic E-state index is 12.9. The number of benzene rings is 2. The fraction of sp³-hybridized carbons (Fsp3) is 0.381. The van der Waals surface area contributed by atoms with Crippen LogP contribution in [-0.4, -0.2) is 39.4 Å². The van der Waals surface area contributed by atoms with Crippen LogP contribution in [0.1, 0.15) is 42.6 Å². The number of amides is 1. The summed E-state index contributed by atoms with van der Waals surface area (Å²) in [4.78, 5) is 14.7. The summed E-state index contributed by atoms with van der Waals surface area (Å²) in [5, 5.41) is 0. The van der Waals surface area contributed by atoms with Gasteiger partial charge in [0, 0.05) is 24.3 Å². The molecular formula is C21H28N2O4S. The van der Waals surface area contributed by atoms with Crippen LogP contribution in [0, 0.1) is 6.92 Å². The van der Waals surface area contributed by atoms with Crippen molar-refractivity contribution in [1.82, 2.24) is 4.90 Å². The van der Waals surface area contributed by atoms with E-state index in [9.17, 15) is 13.2 Å². The third-order valence-electron chi connectivity index (χ3n) is 4.54. The first kappa shape index (κ1) is 21.8. The molecule has 0 aliphatic heterocycles. The van der Waals surface area contributed by atoms with E-state index in [1.54, 1.807) is 42.3 Å². The van der Waals surface area contributed by atoms with E-state index in [2.05, 4.69) is 11.6 Å². The van der Waals surface area contributed by atoms with Crippen molar-refractivity contribution in [3.63, 3.8) is 0 Å². The lowest BCUT2D eigenvalue weighted by atomic mass is 10.1. The summed E-state index contributed by atoms with van der Waals surface area (Å²) in [5.41, 5.74) is 1.59. The molecule has 2 aromatic rings. The first-order valence-corrected chi connectivity index (χ1v) is 10.9. The first-order chi connectivity index (χ1) is 13.3. The number of carbonyl (C=O) groups is 1. The molecule has 2 rings (SSSR count). The number of rotatable bonds is 9. The lowest BCUT2D eigenvalue weighted by Crippen LogP contribution is -2.32. The molecule has 28 heavy (non-hydrogen) atoms. The SMILES string of the molecule is CCCCN(CC)C(=O)c1cc(S(=O)(=O)Nc2ccc(OC)cc2)ccc1C. The minimum Gasteiger partial charge on any atom is -0.497 e. The molecule has 7 heteroatoms. The molecule has 0 spiro atoms. The number of carbonyl (C=O) groups excluding carboxylic acids is 1. The monoisotopic (exact) mass is 404 g/mol. The Morgan fingerprint density at radius 3 is 2.36 bits per heavy atom. The molecule has 0 unspecified atom stereocenters. The number of ether oxygens (including phenoxy) is 1. The van der Waals surface area contributed by atoms with Crippen molar-refractivity contribution in [2.45, 2.75) is 38.5 Å². The van der Waals surface area contributed by atoms with Gasteiger partial charge in [-0.05, 0) is 62.2 Å². The van der Waals surface area contributed by atoms with Gasteiger partial charge in [-0.25, -0.2) is 8.42 Å². The number of aryl methyl sites for hydroxylation is 1. The topological polar surface area (TPSA) is 75.7 Å². The summed E-state index contributed by atoms with van der Waals surface area (Å²) >= 11 is 0. The van der Waals surface area contributed by atoms with Crippen molar-refractivity contribution in [1.29, 1.82) is 0 Å². The molecule has 0 atom stereocenters. The minimum atomic E-state index is -3.82. The molecule has 0 saturated heterocycles. The average molecular weight is 405 g/mol. The highest BCUT2D eigenvalue weighted by atomic mass is 32.2. The number of hydrogen-bond acceptors (Lipinski definition) is 4. The Labute approximate surface area is 167 Å². The number of hydrogen-bond donors (Lipinski definition) is 1. The lowest BCUT2D eigenvalue weighted by Gasteiger charge is -2.22. The van der Waals surface area contributed by atoms with Gasteiger partial charge < -0.3 is 9.64 Å². The molecule has 1 N–H and O–H groups in total. The molecule has 0 heterocycles. The molecular weight excluding hydrogens is 376 g/mol. The Hall–Kier alpha value is -2.54. The second kappa shape index (κ2) is 9.59. The lowest BCUT2D eigenvalue weighted by molar-refractivity contribution is 0.0761. The molecule has 0 fully saturated rings. The number of sulfonamides is 1. The predicted molar refractivity (Wildman–Crippen MR) is 111 cm³/mol. The molecule has 2 aromatic carbocycles. The highest BCUT2D eigenvalue weighted by Crippen LogP contribution is 2.22. The third kappa shape index (κ3) is 5.25. The molecule has 6 nitrogen and oxygen atoms in total. The number of unbranched alkanes of at least 4 members (excludes halogenated alkanes) is 1. The fourth-order valence-electron chi connectivity index (χ4n) is 2.79. The van der Waals surface area contributed by atoms with Gasteiger partial charge >= 0.3 is 0 Å². The third-order valence-corrected chi connectivity index (χ3v) is 5.92. The standard InChI is InChI=1S/C21H28N2O4S/c1-5-7-14-23(6-2)21(24)20-15-19(13-8-16(20)3)28(25,26)22-17-9-11-18(27-4)12-10-17/h8-13,15,22H,5-7,14H2,1-4H3. The zero-order valence-electron chi connectivity index (χ0n) is 16.9. The first-order valence-electron chi connectivity index (χ1n) is 9.39. The van der Waals surface area contributed by atoms with Crippen molar-refractivity contribution >= 4 is 21.6 Å². The summed E-state index contributed by atoms with van der Waals surface area (Å²) < 4.78 is 33.2. The van der Waals surface area contributed by atoms with Crippen molar-refractivity contribution in [2.24, 2.45) is 0 Å².